The van der Waals surface area contributed by atoms with Gasteiger partial charge >= 0.3 is 0 Å². The molecule has 0 aliphatic heterocycles. The van der Waals surface area contributed by atoms with Crippen molar-refractivity contribution < 1.29 is 4.79 Å². The van der Waals surface area contributed by atoms with Gasteiger partial charge in [-0.1, -0.05) is 53.2 Å². The van der Waals surface area contributed by atoms with Crippen molar-refractivity contribution in [2.24, 2.45) is 0 Å². The van der Waals surface area contributed by atoms with Gasteiger partial charge in [0.1, 0.15) is 0 Å². The maximum atomic E-state index is 12.8. The Kier molecular flexibility index (Phi) is 7.36. The standard InChI is InChI=1S/C21H19Cl2N3O2S/c1-2-11-26-20(28)17-8-7-16(23)12-18(17)25-21(26)29-13-19(27)24-10-9-14-3-5-15(22)6-4-14/h2-8,12H,1,9-11,13H2,(H,24,27). The number of halogens is 2. The predicted molar refractivity (Wildman–Crippen MR) is 120 cm³/mol. The van der Waals surface area contributed by atoms with Crippen LogP contribution in [0, 0.1) is 0 Å². The average Bonchev–Trinajstić information content (AvgIpc) is 2.70. The Morgan fingerprint density at radius 1 is 1.17 bits per heavy atom. The summed E-state index contributed by atoms with van der Waals surface area (Å²) in [6, 6.07) is 12.5. The summed E-state index contributed by atoms with van der Waals surface area (Å²) in [5, 5.41) is 5.00. The van der Waals surface area contributed by atoms with Gasteiger partial charge in [0.05, 0.1) is 16.7 Å². The first-order chi connectivity index (χ1) is 14.0. The van der Waals surface area contributed by atoms with Gasteiger partial charge in [-0.15, -0.1) is 6.58 Å². The summed E-state index contributed by atoms with van der Waals surface area (Å²) in [6.07, 6.45) is 2.34. The van der Waals surface area contributed by atoms with Crippen LogP contribution in [0.5, 0.6) is 0 Å². The average molecular weight is 448 g/mol. The molecule has 0 saturated carbocycles. The van der Waals surface area contributed by atoms with Gasteiger partial charge < -0.3 is 5.32 Å². The summed E-state index contributed by atoms with van der Waals surface area (Å²) >= 11 is 13.1. The number of carbonyl (C=O) groups is 1. The molecule has 0 bridgehead atoms. The molecule has 1 N–H and O–H groups in total. The smallest absolute Gasteiger partial charge is 0.262 e. The molecule has 1 heterocycles. The highest BCUT2D eigenvalue weighted by atomic mass is 35.5. The Hall–Kier alpha value is -2.28. The summed E-state index contributed by atoms with van der Waals surface area (Å²) in [5.41, 5.74) is 1.42. The number of amides is 1. The van der Waals surface area contributed by atoms with Crippen LogP contribution in [-0.4, -0.2) is 27.8 Å². The van der Waals surface area contributed by atoms with E-state index in [2.05, 4.69) is 16.9 Å². The van der Waals surface area contributed by atoms with Crippen LogP contribution in [0.15, 0.2) is 65.1 Å². The topological polar surface area (TPSA) is 64.0 Å². The lowest BCUT2D eigenvalue weighted by Gasteiger charge is -2.11. The molecule has 0 aliphatic rings. The molecule has 1 amide bonds. The van der Waals surface area contributed by atoms with E-state index in [0.717, 1.165) is 5.56 Å². The van der Waals surface area contributed by atoms with Crippen LogP contribution in [0.1, 0.15) is 5.56 Å². The zero-order valence-electron chi connectivity index (χ0n) is 15.5. The van der Waals surface area contributed by atoms with Crippen molar-refractivity contribution in [1.29, 1.82) is 0 Å². The van der Waals surface area contributed by atoms with Crippen LogP contribution in [0.4, 0.5) is 0 Å². The second-order valence-corrected chi connectivity index (χ2v) is 8.09. The summed E-state index contributed by atoms with van der Waals surface area (Å²) in [5.74, 6) is 0.0190. The van der Waals surface area contributed by atoms with E-state index in [1.54, 1.807) is 24.3 Å². The fourth-order valence-corrected chi connectivity index (χ4v) is 3.88. The van der Waals surface area contributed by atoms with E-state index in [9.17, 15) is 9.59 Å². The van der Waals surface area contributed by atoms with Gasteiger partial charge in [-0.3, -0.25) is 14.2 Å². The Labute approximate surface area is 182 Å². The van der Waals surface area contributed by atoms with Gasteiger partial charge in [-0.2, -0.15) is 0 Å². The van der Waals surface area contributed by atoms with Crippen LogP contribution in [0.2, 0.25) is 10.0 Å². The minimum absolute atomic E-state index is 0.130. The number of carbonyl (C=O) groups excluding carboxylic acids is 1. The molecule has 5 nitrogen and oxygen atoms in total. The normalized spacial score (nSPS) is 10.8. The third kappa shape index (κ3) is 5.63. The van der Waals surface area contributed by atoms with Crippen LogP contribution in [0.3, 0.4) is 0 Å². The number of hydrogen-bond donors (Lipinski definition) is 1. The Morgan fingerprint density at radius 3 is 2.62 bits per heavy atom. The quantitative estimate of drug-likeness (QED) is 0.316. The maximum absolute atomic E-state index is 12.8. The largest absolute Gasteiger partial charge is 0.355 e. The van der Waals surface area contributed by atoms with E-state index >= 15 is 0 Å². The molecule has 29 heavy (non-hydrogen) atoms. The van der Waals surface area contributed by atoms with E-state index in [1.165, 1.54) is 16.3 Å². The van der Waals surface area contributed by atoms with Gasteiger partial charge in [-0.25, -0.2) is 4.98 Å². The molecule has 3 rings (SSSR count). The van der Waals surface area contributed by atoms with E-state index < -0.39 is 0 Å². The van der Waals surface area contributed by atoms with Gasteiger partial charge in [0, 0.05) is 23.1 Å². The summed E-state index contributed by atoms with van der Waals surface area (Å²) in [7, 11) is 0. The maximum Gasteiger partial charge on any atom is 0.262 e. The molecule has 0 unspecified atom stereocenters. The number of benzene rings is 2. The molecule has 0 aliphatic carbocycles. The van der Waals surface area contributed by atoms with Crippen LogP contribution < -0.4 is 10.9 Å². The van der Waals surface area contributed by atoms with E-state index in [-0.39, 0.29) is 17.2 Å². The van der Waals surface area contributed by atoms with E-state index in [4.69, 9.17) is 23.2 Å². The second-order valence-electron chi connectivity index (χ2n) is 6.28. The highest BCUT2D eigenvalue weighted by molar-refractivity contribution is 7.99. The number of thioether (sulfide) groups is 1. The van der Waals surface area contributed by atoms with Gasteiger partial charge in [0.25, 0.3) is 5.56 Å². The Bertz CT molecular complexity index is 1100. The minimum Gasteiger partial charge on any atom is -0.355 e. The molecule has 0 fully saturated rings. The number of hydrogen-bond acceptors (Lipinski definition) is 4. The lowest BCUT2D eigenvalue weighted by Crippen LogP contribution is -2.28. The lowest BCUT2D eigenvalue weighted by molar-refractivity contribution is -0.118. The zero-order chi connectivity index (χ0) is 20.8. The predicted octanol–water partition coefficient (Wildman–Crippen LogP) is 4.34. The van der Waals surface area contributed by atoms with Crippen LogP contribution >= 0.6 is 35.0 Å². The Balaban J connectivity index is 1.66. The molecule has 0 radical (unpaired) electrons. The molecule has 0 saturated heterocycles. The molecular formula is C21H19Cl2N3O2S. The molecular weight excluding hydrogens is 429 g/mol. The van der Waals surface area contributed by atoms with Gasteiger partial charge in [0.2, 0.25) is 5.91 Å². The van der Waals surface area contributed by atoms with E-state index in [1.807, 2.05) is 24.3 Å². The highest BCUT2D eigenvalue weighted by Crippen LogP contribution is 2.20. The molecule has 1 aromatic heterocycles. The van der Waals surface area contributed by atoms with E-state index in [0.29, 0.717) is 45.6 Å². The van der Waals surface area contributed by atoms with Gasteiger partial charge in [-0.05, 0) is 42.3 Å². The first-order valence-electron chi connectivity index (χ1n) is 8.93. The number of allylic oxidation sites excluding steroid dienone is 1. The summed E-state index contributed by atoms with van der Waals surface area (Å²) in [6.45, 7) is 4.52. The third-order valence-corrected chi connectivity index (χ3v) is 5.64. The summed E-state index contributed by atoms with van der Waals surface area (Å²) in [4.78, 5) is 29.5. The van der Waals surface area contributed by atoms with Crippen molar-refractivity contribution in [3.05, 3.63) is 81.1 Å². The second kappa shape index (κ2) is 9.96. The zero-order valence-corrected chi connectivity index (χ0v) is 17.9. The van der Waals surface area contributed by atoms with Crippen molar-refractivity contribution in [3.8, 4) is 0 Å². The highest BCUT2D eigenvalue weighted by Gasteiger charge is 2.13. The van der Waals surface area contributed by atoms with Crippen molar-refractivity contribution in [2.45, 2.75) is 18.1 Å². The monoisotopic (exact) mass is 447 g/mol. The lowest BCUT2D eigenvalue weighted by atomic mass is 10.1. The fourth-order valence-electron chi connectivity index (χ4n) is 2.75. The molecule has 3 aromatic rings. The first kappa shape index (κ1) is 21.4. The number of nitrogens with zero attached hydrogens (tertiary/aromatic N) is 2. The van der Waals surface area contributed by atoms with Crippen molar-refractivity contribution >= 4 is 51.8 Å². The van der Waals surface area contributed by atoms with Crippen LogP contribution in [0.25, 0.3) is 10.9 Å². The number of fused-ring (bicyclic) bond motifs is 1. The number of nitrogens with one attached hydrogen (secondary N) is 1. The molecule has 0 atom stereocenters. The third-order valence-electron chi connectivity index (χ3n) is 4.18. The summed E-state index contributed by atoms with van der Waals surface area (Å²) < 4.78 is 1.51. The first-order valence-corrected chi connectivity index (χ1v) is 10.7. The van der Waals surface area contributed by atoms with Crippen molar-refractivity contribution in [2.75, 3.05) is 12.3 Å². The molecule has 8 heteroatoms. The SMILES string of the molecule is C=CCn1c(SCC(=O)NCCc2ccc(Cl)cc2)nc2cc(Cl)ccc2c1=O. The molecule has 0 spiro atoms. The number of rotatable bonds is 8. The van der Waals surface area contributed by atoms with Gasteiger partial charge in [0.15, 0.2) is 5.16 Å². The fraction of sp³-hybridized carbons (Fsp3) is 0.190. The molecule has 2 aromatic carbocycles. The van der Waals surface area contributed by atoms with Crippen LogP contribution in [-0.2, 0) is 17.8 Å². The van der Waals surface area contributed by atoms with Crippen molar-refractivity contribution in [3.63, 3.8) is 0 Å². The number of aromatic nitrogens is 2. The molecule has 150 valence electrons. The Morgan fingerprint density at radius 2 is 1.90 bits per heavy atom. The minimum atomic E-state index is -0.183. The van der Waals surface area contributed by atoms with Crippen molar-refractivity contribution in [1.82, 2.24) is 14.9 Å².